The number of aryl methyl sites for hydroxylation is 1. The summed E-state index contributed by atoms with van der Waals surface area (Å²) in [5.41, 5.74) is 0.969. The van der Waals surface area contributed by atoms with Gasteiger partial charge in [0, 0.05) is 39.2 Å². The summed E-state index contributed by atoms with van der Waals surface area (Å²) in [6, 6.07) is 2.05. The Balaban J connectivity index is 2.21. The summed E-state index contributed by atoms with van der Waals surface area (Å²) in [7, 11) is 1.70. The summed E-state index contributed by atoms with van der Waals surface area (Å²) in [6.07, 6.45) is 2.02. The first-order chi connectivity index (χ1) is 8.83. The van der Waals surface area contributed by atoms with Crippen LogP contribution in [0.25, 0.3) is 0 Å². The van der Waals surface area contributed by atoms with Crippen molar-refractivity contribution < 1.29 is 4.74 Å². The lowest BCUT2D eigenvalue weighted by molar-refractivity contribution is 0.181. The Morgan fingerprint density at radius 3 is 3.00 bits per heavy atom. The Morgan fingerprint density at radius 1 is 1.33 bits per heavy atom. The summed E-state index contributed by atoms with van der Waals surface area (Å²) in [4.78, 5) is 11.4. The Bertz CT molecular complexity index is 375. The van der Waals surface area contributed by atoms with E-state index in [0.717, 1.165) is 56.4 Å². The van der Waals surface area contributed by atoms with Gasteiger partial charge in [-0.1, -0.05) is 6.92 Å². The van der Waals surface area contributed by atoms with Crippen LogP contribution in [0.1, 0.15) is 24.9 Å². The second kappa shape index (κ2) is 6.66. The molecule has 1 saturated heterocycles. The number of nitrogens with zero attached hydrogens (tertiary/aromatic N) is 3. The highest BCUT2D eigenvalue weighted by Gasteiger charge is 2.13. The number of methoxy groups -OCH3 is 1. The van der Waals surface area contributed by atoms with Gasteiger partial charge in [0.05, 0.1) is 12.3 Å². The Morgan fingerprint density at radius 2 is 2.22 bits per heavy atom. The van der Waals surface area contributed by atoms with E-state index in [0.29, 0.717) is 6.61 Å². The fourth-order valence-corrected chi connectivity index (χ4v) is 2.15. The van der Waals surface area contributed by atoms with E-state index in [1.807, 2.05) is 6.07 Å². The Kier molecular flexibility index (Phi) is 4.90. The molecule has 2 heterocycles. The van der Waals surface area contributed by atoms with Gasteiger partial charge < -0.3 is 15.0 Å². The summed E-state index contributed by atoms with van der Waals surface area (Å²) in [5.74, 6) is 1.94. The smallest absolute Gasteiger partial charge is 0.132 e. The van der Waals surface area contributed by atoms with E-state index in [4.69, 9.17) is 4.74 Å². The molecule has 100 valence electrons. The minimum absolute atomic E-state index is 0.550. The number of nitrogens with one attached hydrogen (secondary N) is 1. The normalized spacial score (nSPS) is 16.7. The Hall–Kier alpha value is -1.20. The van der Waals surface area contributed by atoms with E-state index in [1.165, 1.54) is 0 Å². The van der Waals surface area contributed by atoms with Crippen LogP contribution in [-0.2, 0) is 17.8 Å². The molecular weight excluding hydrogens is 228 g/mol. The van der Waals surface area contributed by atoms with Crippen molar-refractivity contribution in [2.24, 2.45) is 0 Å². The van der Waals surface area contributed by atoms with E-state index in [9.17, 15) is 0 Å². The van der Waals surface area contributed by atoms with Crippen molar-refractivity contribution in [1.29, 1.82) is 0 Å². The van der Waals surface area contributed by atoms with Crippen molar-refractivity contribution in [2.45, 2.75) is 26.4 Å². The molecule has 2 rings (SSSR count). The largest absolute Gasteiger partial charge is 0.378 e. The van der Waals surface area contributed by atoms with Crippen molar-refractivity contribution >= 4 is 5.82 Å². The minimum Gasteiger partial charge on any atom is -0.378 e. The van der Waals surface area contributed by atoms with Gasteiger partial charge in [-0.3, -0.25) is 0 Å². The molecule has 1 N–H and O–H groups in total. The van der Waals surface area contributed by atoms with Crippen LogP contribution in [0.4, 0.5) is 5.82 Å². The fraction of sp³-hybridized carbons (Fsp3) is 0.692. The van der Waals surface area contributed by atoms with Gasteiger partial charge in [-0.25, -0.2) is 9.97 Å². The van der Waals surface area contributed by atoms with Gasteiger partial charge in [-0.15, -0.1) is 0 Å². The van der Waals surface area contributed by atoms with E-state index in [1.54, 1.807) is 7.11 Å². The molecule has 1 aliphatic rings. The molecule has 1 aromatic rings. The Labute approximate surface area is 109 Å². The maximum Gasteiger partial charge on any atom is 0.132 e. The van der Waals surface area contributed by atoms with Crippen molar-refractivity contribution in [3.63, 3.8) is 0 Å². The molecule has 1 fully saturated rings. The molecule has 5 heteroatoms. The van der Waals surface area contributed by atoms with Gasteiger partial charge in [-0.2, -0.15) is 0 Å². The third-order valence-corrected chi connectivity index (χ3v) is 3.08. The molecule has 0 radical (unpaired) electrons. The van der Waals surface area contributed by atoms with Gasteiger partial charge in [0.25, 0.3) is 0 Å². The average molecular weight is 250 g/mol. The maximum absolute atomic E-state index is 5.17. The standard InChI is InChI=1S/C13H22N4O/c1-3-12-15-11(10-18-2)9-13(16-12)17-7-4-5-14-6-8-17/h9,14H,3-8,10H2,1-2H3. The SMILES string of the molecule is CCc1nc(COC)cc(N2CCCNCC2)n1. The predicted octanol–water partition coefficient (Wildman–Crippen LogP) is 0.985. The highest BCUT2D eigenvalue weighted by molar-refractivity contribution is 5.40. The predicted molar refractivity (Wildman–Crippen MR) is 71.8 cm³/mol. The van der Waals surface area contributed by atoms with E-state index in [-0.39, 0.29) is 0 Å². The number of aromatic nitrogens is 2. The second-order valence-corrected chi connectivity index (χ2v) is 4.51. The first kappa shape index (κ1) is 13.2. The monoisotopic (exact) mass is 250 g/mol. The topological polar surface area (TPSA) is 50.3 Å². The van der Waals surface area contributed by atoms with Crippen LogP contribution in [0.5, 0.6) is 0 Å². The fourth-order valence-electron chi connectivity index (χ4n) is 2.15. The van der Waals surface area contributed by atoms with Crippen LogP contribution in [-0.4, -0.2) is 43.3 Å². The quantitative estimate of drug-likeness (QED) is 0.863. The molecule has 0 bridgehead atoms. The van der Waals surface area contributed by atoms with Crippen molar-refractivity contribution in [3.8, 4) is 0 Å². The van der Waals surface area contributed by atoms with Crippen molar-refractivity contribution in [1.82, 2.24) is 15.3 Å². The molecule has 0 saturated carbocycles. The van der Waals surface area contributed by atoms with E-state index in [2.05, 4.69) is 27.1 Å². The molecule has 1 aromatic heterocycles. The summed E-state index contributed by atoms with van der Waals surface area (Å²) in [6.45, 7) is 6.80. The number of ether oxygens (including phenoxy) is 1. The molecule has 0 aliphatic carbocycles. The zero-order chi connectivity index (χ0) is 12.8. The molecule has 0 amide bonds. The van der Waals surface area contributed by atoms with Gasteiger partial charge in [0.1, 0.15) is 11.6 Å². The number of hydrogen-bond acceptors (Lipinski definition) is 5. The highest BCUT2D eigenvalue weighted by Crippen LogP contribution is 2.15. The summed E-state index contributed by atoms with van der Waals surface area (Å²) in [5, 5.41) is 3.41. The van der Waals surface area contributed by atoms with E-state index < -0.39 is 0 Å². The van der Waals surface area contributed by atoms with Crippen LogP contribution >= 0.6 is 0 Å². The molecule has 18 heavy (non-hydrogen) atoms. The average Bonchev–Trinajstić information content (AvgIpc) is 2.67. The first-order valence-corrected chi connectivity index (χ1v) is 6.65. The third kappa shape index (κ3) is 3.40. The molecule has 0 aromatic carbocycles. The van der Waals surface area contributed by atoms with Gasteiger partial charge in [0.2, 0.25) is 0 Å². The van der Waals surface area contributed by atoms with Crippen LogP contribution in [0.3, 0.4) is 0 Å². The van der Waals surface area contributed by atoms with Crippen molar-refractivity contribution in [3.05, 3.63) is 17.6 Å². The lowest BCUT2D eigenvalue weighted by atomic mass is 10.3. The molecular formula is C13H22N4O. The zero-order valence-corrected chi connectivity index (χ0v) is 11.3. The summed E-state index contributed by atoms with van der Waals surface area (Å²) >= 11 is 0. The zero-order valence-electron chi connectivity index (χ0n) is 11.3. The number of hydrogen-bond donors (Lipinski definition) is 1. The third-order valence-electron chi connectivity index (χ3n) is 3.08. The van der Waals surface area contributed by atoms with Crippen LogP contribution in [0.15, 0.2) is 6.07 Å². The minimum atomic E-state index is 0.550. The van der Waals surface area contributed by atoms with Gasteiger partial charge in [0.15, 0.2) is 0 Å². The van der Waals surface area contributed by atoms with Crippen LogP contribution in [0, 0.1) is 0 Å². The molecule has 0 unspecified atom stereocenters. The number of rotatable bonds is 4. The lowest BCUT2D eigenvalue weighted by Crippen LogP contribution is -2.29. The van der Waals surface area contributed by atoms with Gasteiger partial charge in [-0.05, 0) is 13.0 Å². The molecule has 0 atom stereocenters. The number of anilines is 1. The maximum atomic E-state index is 5.17. The van der Waals surface area contributed by atoms with Crippen LogP contribution in [0.2, 0.25) is 0 Å². The molecule has 5 nitrogen and oxygen atoms in total. The second-order valence-electron chi connectivity index (χ2n) is 4.51. The molecule has 1 aliphatic heterocycles. The summed E-state index contributed by atoms with van der Waals surface area (Å²) < 4.78 is 5.17. The molecule has 0 spiro atoms. The van der Waals surface area contributed by atoms with Gasteiger partial charge >= 0.3 is 0 Å². The highest BCUT2D eigenvalue weighted by atomic mass is 16.5. The van der Waals surface area contributed by atoms with Crippen LogP contribution < -0.4 is 10.2 Å². The first-order valence-electron chi connectivity index (χ1n) is 6.65. The van der Waals surface area contributed by atoms with E-state index >= 15 is 0 Å². The lowest BCUT2D eigenvalue weighted by Gasteiger charge is -2.22. The van der Waals surface area contributed by atoms with Crippen molar-refractivity contribution in [2.75, 3.05) is 38.2 Å².